The third-order valence-corrected chi connectivity index (χ3v) is 3.83. The Labute approximate surface area is 154 Å². The highest BCUT2D eigenvalue weighted by Crippen LogP contribution is 2.29. The monoisotopic (exact) mass is 356 g/mol. The fourth-order valence-electron chi connectivity index (χ4n) is 2.48. The maximum atomic E-state index is 12.4. The summed E-state index contributed by atoms with van der Waals surface area (Å²) in [5.74, 6) is 1.01. The number of methoxy groups -OCH3 is 2. The van der Waals surface area contributed by atoms with Crippen LogP contribution in [0, 0.1) is 0 Å². The fraction of sp³-hybridized carbons (Fsp3) is 0.300. The van der Waals surface area contributed by atoms with Crippen molar-refractivity contribution >= 4 is 12.1 Å². The van der Waals surface area contributed by atoms with E-state index in [1.165, 1.54) is 6.21 Å². The van der Waals surface area contributed by atoms with Crippen molar-refractivity contribution in [3.63, 3.8) is 0 Å². The minimum atomic E-state index is -0.698. The van der Waals surface area contributed by atoms with Crippen LogP contribution in [0.2, 0.25) is 0 Å². The van der Waals surface area contributed by atoms with Gasteiger partial charge in [0.1, 0.15) is 0 Å². The van der Waals surface area contributed by atoms with Crippen LogP contribution in [0.3, 0.4) is 0 Å². The van der Waals surface area contributed by atoms with Gasteiger partial charge in [0.25, 0.3) is 5.91 Å². The molecule has 1 amide bonds. The molecule has 0 bridgehead atoms. The second-order valence-electron chi connectivity index (χ2n) is 5.74. The summed E-state index contributed by atoms with van der Waals surface area (Å²) in [5.41, 5.74) is 1.75. The van der Waals surface area contributed by atoms with E-state index in [4.69, 9.17) is 14.3 Å². The summed E-state index contributed by atoms with van der Waals surface area (Å²) >= 11 is 0. The number of rotatable bonds is 8. The number of para-hydroxylation sites is 1. The van der Waals surface area contributed by atoms with E-state index < -0.39 is 6.10 Å². The molecule has 0 unspecified atom stereocenters. The zero-order chi connectivity index (χ0) is 18.9. The average molecular weight is 356 g/mol. The lowest BCUT2D eigenvalue weighted by atomic mass is 10.2. The molecule has 0 aliphatic heterocycles. The number of carbonyl (C=O) groups is 1. The van der Waals surface area contributed by atoms with Gasteiger partial charge in [-0.1, -0.05) is 41.6 Å². The van der Waals surface area contributed by atoms with Crippen LogP contribution in [0.5, 0.6) is 11.5 Å². The molecule has 0 saturated heterocycles. The van der Waals surface area contributed by atoms with E-state index in [9.17, 15) is 4.79 Å². The Balaban J connectivity index is 1.96. The number of ether oxygens (including phenoxy) is 2. The van der Waals surface area contributed by atoms with Gasteiger partial charge in [0.2, 0.25) is 6.10 Å². The van der Waals surface area contributed by atoms with E-state index in [-0.39, 0.29) is 5.91 Å². The van der Waals surface area contributed by atoms with Gasteiger partial charge in [-0.2, -0.15) is 0 Å². The van der Waals surface area contributed by atoms with Gasteiger partial charge < -0.3 is 19.2 Å². The molecule has 6 nitrogen and oxygen atoms in total. The predicted molar refractivity (Wildman–Crippen MR) is 101 cm³/mol. The number of benzene rings is 2. The smallest absolute Gasteiger partial charge is 0.266 e. The standard InChI is InChI=1S/C20H24N2O4/c1-15(20(23)22(2)14-16-9-6-5-7-10-16)26-21-13-17-11-8-12-18(24-3)19(17)25-4/h5-13,15H,14H2,1-4H3/b21-13-/t15-/m1/s1. The van der Waals surface area contributed by atoms with Gasteiger partial charge in [0.05, 0.1) is 20.4 Å². The Morgan fingerprint density at radius 1 is 1.12 bits per heavy atom. The third-order valence-electron chi connectivity index (χ3n) is 3.83. The molecule has 0 aromatic heterocycles. The van der Waals surface area contributed by atoms with Crippen molar-refractivity contribution in [2.45, 2.75) is 19.6 Å². The molecule has 0 heterocycles. The number of hydrogen-bond acceptors (Lipinski definition) is 5. The predicted octanol–water partition coefficient (Wildman–Crippen LogP) is 3.10. The minimum Gasteiger partial charge on any atom is -0.493 e. The van der Waals surface area contributed by atoms with Crippen LogP contribution in [0.25, 0.3) is 0 Å². The molecule has 0 fully saturated rings. The summed E-state index contributed by atoms with van der Waals surface area (Å²) in [6, 6.07) is 15.2. The first kappa shape index (κ1) is 19.3. The average Bonchev–Trinajstić information content (AvgIpc) is 2.67. The summed E-state index contributed by atoms with van der Waals surface area (Å²) in [6.45, 7) is 2.19. The van der Waals surface area contributed by atoms with Gasteiger partial charge in [-0.25, -0.2) is 0 Å². The van der Waals surface area contributed by atoms with Crippen molar-refractivity contribution in [1.29, 1.82) is 0 Å². The van der Waals surface area contributed by atoms with Crippen LogP contribution in [0.4, 0.5) is 0 Å². The lowest BCUT2D eigenvalue weighted by Gasteiger charge is -2.20. The number of nitrogens with zero attached hydrogens (tertiary/aromatic N) is 2. The molecule has 0 saturated carbocycles. The Morgan fingerprint density at radius 3 is 2.50 bits per heavy atom. The maximum absolute atomic E-state index is 12.4. The number of hydrogen-bond donors (Lipinski definition) is 0. The van der Waals surface area contributed by atoms with Crippen molar-refractivity contribution in [2.75, 3.05) is 21.3 Å². The Kier molecular flexibility index (Phi) is 7.02. The summed E-state index contributed by atoms with van der Waals surface area (Å²) in [7, 11) is 4.86. The number of likely N-dealkylation sites (N-methyl/N-ethyl adjacent to an activating group) is 1. The summed E-state index contributed by atoms with van der Waals surface area (Å²) < 4.78 is 10.6. The Morgan fingerprint density at radius 2 is 1.85 bits per heavy atom. The first-order chi connectivity index (χ1) is 12.6. The molecule has 0 aliphatic carbocycles. The van der Waals surface area contributed by atoms with Crippen molar-refractivity contribution in [3.05, 3.63) is 59.7 Å². The van der Waals surface area contributed by atoms with E-state index in [2.05, 4.69) is 5.16 Å². The highest BCUT2D eigenvalue weighted by Gasteiger charge is 2.19. The Bertz CT molecular complexity index is 747. The molecule has 0 radical (unpaired) electrons. The van der Waals surface area contributed by atoms with Crippen molar-refractivity contribution < 1.29 is 19.1 Å². The van der Waals surface area contributed by atoms with E-state index in [1.807, 2.05) is 42.5 Å². The van der Waals surface area contributed by atoms with Crippen LogP contribution in [0.1, 0.15) is 18.1 Å². The van der Waals surface area contributed by atoms with Gasteiger partial charge in [0.15, 0.2) is 11.5 Å². The number of carbonyl (C=O) groups excluding carboxylic acids is 1. The van der Waals surface area contributed by atoms with E-state index in [0.717, 1.165) is 5.56 Å². The maximum Gasteiger partial charge on any atom is 0.266 e. The molecule has 6 heteroatoms. The summed E-state index contributed by atoms with van der Waals surface area (Å²) in [4.78, 5) is 19.3. The number of amides is 1. The zero-order valence-corrected chi connectivity index (χ0v) is 15.5. The molecular weight excluding hydrogens is 332 g/mol. The molecule has 0 N–H and O–H groups in total. The topological polar surface area (TPSA) is 60.4 Å². The molecule has 2 aromatic rings. The van der Waals surface area contributed by atoms with E-state index >= 15 is 0 Å². The normalized spacial score (nSPS) is 11.8. The van der Waals surface area contributed by atoms with Gasteiger partial charge in [0, 0.05) is 19.2 Å². The van der Waals surface area contributed by atoms with Gasteiger partial charge in [-0.05, 0) is 24.6 Å². The Hall–Kier alpha value is -3.02. The van der Waals surface area contributed by atoms with E-state index in [0.29, 0.717) is 23.6 Å². The highest BCUT2D eigenvalue weighted by atomic mass is 16.6. The summed E-state index contributed by atoms with van der Waals surface area (Å²) in [6.07, 6.45) is 0.805. The van der Waals surface area contributed by atoms with Crippen molar-refractivity contribution in [3.8, 4) is 11.5 Å². The second kappa shape index (κ2) is 9.46. The highest BCUT2D eigenvalue weighted by molar-refractivity contribution is 5.85. The largest absolute Gasteiger partial charge is 0.493 e. The van der Waals surface area contributed by atoms with Crippen molar-refractivity contribution in [2.24, 2.45) is 5.16 Å². The molecular formula is C20H24N2O4. The molecule has 138 valence electrons. The SMILES string of the molecule is COc1cccc(/C=N\O[C@H](C)C(=O)N(C)Cc2ccccc2)c1OC. The molecule has 2 rings (SSSR count). The zero-order valence-electron chi connectivity index (χ0n) is 15.5. The first-order valence-electron chi connectivity index (χ1n) is 8.26. The molecule has 2 aromatic carbocycles. The third kappa shape index (κ3) is 4.99. The molecule has 0 spiro atoms. The molecule has 1 atom stereocenters. The fourth-order valence-corrected chi connectivity index (χ4v) is 2.48. The molecule has 0 aliphatic rings. The molecule has 26 heavy (non-hydrogen) atoms. The van der Waals surface area contributed by atoms with Gasteiger partial charge in [-0.3, -0.25) is 4.79 Å². The van der Waals surface area contributed by atoms with E-state index in [1.54, 1.807) is 39.2 Å². The van der Waals surface area contributed by atoms with Gasteiger partial charge in [-0.15, -0.1) is 0 Å². The second-order valence-corrected chi connectivity index (χ2v) is 5.74. The number of oxime groups is 1. The van der Waals surface area contributed by atoms with Crippen LogP contribution < -0.4 is 9.47 Å². The first-order valence-corrected chi connectivity index (χ1v) is 8.26. The summed E-state index contributed by atoms with van der Waals surface area (Å²) in [5, 5.41) is 3.93. The lowest BCUT2D eigenvalue weighted by molar-refractivity contribution is -0.141. The van der Waals surface area contributed by atoms with Crippen LogP contribution in [0.15, 0.2) is 53.7 Å². The van der Waals surface area contributed by atoms with Gasteiger partial charge >= 0.3 is 0 Å². The lowest BCUT2D eigenvalue weighted by Crippen LogP contribution is -2.35. The van der Waals surface area contributed by atoms with Crippen LogP contribution >= 0.6 is 0 Å². The minimum absolute atomic E-state index is 0.149. The van der Waals surface area contributed by atoms with Crippen LogP contribution in [-0.2, 0) is 16.2 Å². The quantitative estimate of drug-likeness (QED) is 0.539. The van der Waals surface area contributed by atoms with Crippen molar-refractivity contribution in [1.82, 2.24) is 4.90 Å². The van der Waals surface area contributed by atoms with Crippen LogP contribution in [-0.4, -0.2) is 44.4 Å².